The van der Waals surface area contributed by atoms with Gasteiger partial charge in [-0.3, -0.25) is 50.2 Å². The maximum Gasteiger partial charge on any atom is 0.328 e. The number of hydrogen-bond acceptors (Lipinski definition) is 16. The van der Waals surface area contributed by atoms with Crippen molar-refractivity contribution in [2.24, 2.45) is 0 Å². The molecule has 4 aromatic carbocycles. The van der Waals surface area contributed by atoms with E-state index >= 15 is 0 Å². The van der Waals surface area contributed by atoms with Crippen LogP contribution in [0.2, 0.25) is 5.02 Å². The number of carbonyl (C=O) groups is 6. The van der Waals surface area contributed by atoms with E-state index in [1.807, 2.05) is 40.1 Å². The normalized spacial score (nSPS) is 18.2. The van der Waals surface area contributed by atoms with E-state index in [0.717, 1.165) is 0 Å². The highest BCUT2D eigenvalue weighted by Crippen LogP contribution is 2.37. The van der Waals surface area contributed by atoms with Crippen LogP contribution in [0.25, 0.3) is 0 Å². The number of carbonyl (C=O) groups excluding carboxylic acids is 6. The van der Waals surface area contributed by atoms with Gasteiger partial charge in [0.05, 0.1) is 0 Å². The highest BCUT2D eigenvalue weighted by atomic mass is 35.5. The summed E-state index contributed by atoms with van der Waals surface area (Å²) >= 11 is 5.92. The summed E-state index contributed by atoms with van der Waals surface area (Å²) in [5.74, 6) is 0.768. The van der Waals surface area contributed by atoms with Crippen molar-refractivity contribution in [1.82, 2.24) is 51.0 Å². The highest BCUT2D eigenvalue weighted by Gasteiger charge is 2.58. The minimum atomic E-state index is -1.71. The van der Waals surface area contributed by atoms with Crippen LogP contribution in [0.15, 0.2) is 140 Å². The lowest BCUT2D eigenvalue weighted by Crippen LogP contribution is -2.73. The number of benzene rings is 4. The van der Waals surface area contributed by atoms with Crippen LogP contribution in [0.1, 0.15) is 11.1 Å². The number of imide groups is 4. The monoisotopic (exact) mass is 950 g/mol. The van der Waals surface area contributed by atoms with Gasteiger partial charge >= 0.3 is 12.1 Å². The third-order valence-corrected chi connectivity index (χ3v) is 12.2. The quantitative estimate of drug-likeness (QED) is 0.142. The highest BCUT2D eigenvalue weighted by molar-refractivity contribution is 6.30. The predicted molar refractivity (Wildman–Crippen MR) is 249 cm³/mol. The minimum Gasteiger partial charge on any atom is -0.457 e. The molecule has 6 aromatic rings. The third-order valence-electron chi connectivity index (χ3n) is 12.0. The number of barbiturate groups is 2. The Kier molecular flexibility index (Phi) is 13.2. The number of nitrogens with one attached hydrogen (secondary N) is 4. The van der Waals surface area contributed by atoms with Crippen LogP contribution < -0.4 is 40.5 Å². The fourth-order valence-corrected chi connectivity index (χ4v) is 8.82. The number of nitrogens with zero attached hydrogens (tertiary/aromatic N) is 8. The van der Waals surface area contributed by atoms with E-state index in [0.29, 0.717) is 103 Å². The molecule has 0 atom stereocenters. The second kappa shape index (κ2) is 19.9. The first-order valence-electron chi connectivity index (χ1n) is 21.8. The Balaban J connectivity index is 0.000000172. The van der Waals surface area contributed by atoms with Crippen molar-refractivity contribution in [2.75, 3.05) is 62.2 Å². The molecule has 8 amide bonds. The van der Waals surface area contributed by atoms with Crippen molar-refractivity contribution in [3.63, 3.8) is 0 Å². The van der Waals surface area contributed by atoms with Gasteiger partial charge in [0, 0.05) is 82.2 Å². The summed E-state index contributed by atoms with van der Waals surface area (Å²) in [6, 6.07) is 31.5. The number of ether oxygens (including phenoxy) is 2. The summed E-state index contributed by atoms with van der Waals surface area (Å²) in [7, 11) is 0. The van der Waals surface area contributed by atoms with Crippen molar-refractivity contribution in [1.29, 1.82) is 0 Å². The Morgan fingerprint density at radius 1 is 0.406 bits per heavy atom. The largest absolute Gasteiger partial charge is 0.457 e. The lowest BCUT2D eigenvalue weighted by atomic mass is 9.84. The number of aromatic nitrogens is 4. The minimum absolute atomic E-state index is 0.371. The van der Waals surface area contributed by atoms with Crippen LogP contribution in [0.5, 0.6) is 23.0 Å². The molecule has 4 N–H and O–H groups in total. The molecule has 0 spiro atoms. The van der Waals surface area contributed by atoms with Gasteiger partial charge in [-0.15, -0.1) is 0 Å². The summed E-state index contributed by atoms with van der Waals surface area (Å²) in [6.45, 7) is 3.53. The van der Waals surface area contributed by atoms with E-state index in [2.05, 4.69) is 41.2 Å². The molecule has 4 aliphatic rings. The molecule has 0 aliphatic carbocycles. The average Bonchev–Trinajstić information content (AvgIpc) is 3.37. The molecule has 0 saturated carbocycles. The van der Waals surface area contributed by atoms with Crippen LogP contribution >= 0.6 is 11.6 Å². The van der Waals surface area contributed by atoms with Gasteiger partial charge in [0.1, 0.15) is 23.0 Å². The zero-order valence-electron chi connectivity index (χ0n) is 36.7. The molecule has 10 rings (SSSR count). The van der Waals surface area contributed by atoms with Gasteiger partial charge in [-0.1, -0.05) is 54.1 Å². The first-order chi connectivity index (χ1) is 33.5. The van der Waals surface area contributed by atoms with Gasteiger partial charge in [-0.05, 0) is 83.9 Å². The lowest BCUT2D eigenvalue weighted by molar-refractivity contribution is -0.150. The molecular formula is C48H43ClN12O8. The first kappa shape index (κ1) is 45.8. The molecule has 21 heteroatoms. The summed E-state index contributed by atoms with van der Waals surface area (Å²) in [6.07, 6.45) is 6.67. The van der Waals surface area contributed by atoms with Crippen molar-refractivity contribution in [3.8, 4) is 23.0 Å². The van der Waals surface area contributed by atoms with Gasteiger partial charge in [0.2, 0.25) is 23.0 Å². The summed E-state index contributed by atoms with van der Waals surface area (Å²) in [5, 5.41) is 9.67. The van der Waals surface area contributed by atoms with E-state index in [1.165, 1.54) is 0 Å². The van der Waals surface area contributed by atoms with Crippen molar-refractivity contribution in [2.45, 2.75) is 11.1 Å². The first-order valence-corrected chi connectivity index (χ1v) is 22.2. The van der Waals surface area contributed by atoms with Crippen LogP contribution in [0, 0.1) is 0 Å². The number of piperazine rings is 2. The lowest BCUT2D eigenvalue weighted by Gasteiger charge is -2.46. The molecule has 69 heavy (non-hydrogen) atoms. The maximum absolute atomic E-state index is 13.3. The number of hydrogen-bond donors (Lipinski definition) is 4. The average molecular weight is 951 g/mol. The topological polar surface area (TPSA) is 234 Å². The van der Waals surface area contributed by atoms with E-state index in [9.17, 15) is 28.8 Å². The molecule has 0 bridgehead atoms. The van der Waals surface area contributed by atoms with E-state index in [4.69, 9.17) is 21.1 Å². The second-order valence-corrected chi connectivity index (χ2v) is 16.4. The Bertz CT molecular complexity index is 2790. The Morgan fingerprint density at radius 3 is 1.07 bits per heavy atom. The summed E-state index contributed by atoms with van der Waals surface area (Å²) in [5.41, 5.74) is -2.54. The van der Waals surface area contributed by atoms with Crippen LogP contribution in [0.3, 0.4) is 0 Å². The second-order valence-electron chi connectivity index (χ2n) is 16.0. The SMILES string of the molecule is O=C1NC(=O)C(c2ccc(Oc3ccc(Cl)cc3)cc2)(N2CCN(c3ncccn3)CC2)C(=O)N1.O=C1NC(=O)C(c2ccc(Oc3ccccc3)cc2)(N2CCN(c3ncccn3)CC2)C(=O)N1. The Hall–Kier alpha value is -8.33. The molecule has 4 fully saturated rings. The van der Waals surface area contributed by atoms with Crippen LogP contribution in [0.4, 0.5) is 21.5 Å². The van der Waals surface area contributed by atoms with E-state index in [-0.39, 0.29) is 0 Å². The Labute approximate surface area is 399 Å². The zero-order valence-corrected chi connectivity index (χ0v) is 37.4. The molecule has 0 radical (unpaired) electrons. The molecule has 0 unspecified atom stereocenters. The molecular weight excluding hydrogens is 908 g/mol. The smallest absolute Gasteiger partial charge is 0.328 e. The fourth-order valence-electron chi connectivity index (χ4n) is 8.69. The number of halogens is 1. The molecule has 350 valence electrons. The number of rotatable bonds is 10. The van der Waals surface area contributed by atoms with Crippen LogP contribution in [-0.2, 0) is 30.3 Å². The van der Waals surface area contributed by atoms with Gasteiger partial charge in [-0.25, -0.2) is 29.5 Å². The molecule has 2 aromatic heterocycles. The van der Waals surface area contributed by atoms with Crippen molar-refractivity contribution < 1.29 is 38.2 Å². The molecule has 20 nitrogen and oxygen atoms in total. The van der Waals surface area contributed by atoms with Gasteiger partial charge < -0.3 is 19.3 Å². The number of para-hydroxylation sites is 1. The van der Waals surface area contributed by atoms with E-state index < -0.39 is 46.8 Å². The fraction of sp³-hybridized carbons (Fsp3) is 0.208. The number of anilines is 2. The van der Waals surface area contributed by atoms with Gasteiger partial charge in [0.15, 0.2) is 0 Å². The Morgan fingerprint density at radius 2 is 0.725 bits per heavy atom. The predicted octanol–water partition coefficient (Wildman–Crippen LogP) is 3.96. The zero-order chi connectivity index (χ0) is 48.0. The molecule has 4 aliphatic heterocycles. The van der Waals surface area contributed by atoms with E-state index in [1.54, 1.807) is 120 Å². The van der Waals surface area contributed by atoms with Crippen LogP contribution in [-0.4, -0.2) is 118 Å². The van der Waals surface area contributed by atoms with Crippen molar-refractivity contribution in [3.05, 3.63) is 156 Å². The number of amides is 8. The maximum atomic E-state index is 13.3. The summed E-state index contributed by atoms with van der Waals surface area (Å²) < 4.78 is 11.7. The molecule has 6 heterocycles. The van der Waals surface area contributed by atoms with Gasteiger partial charge in [-0.2, -0.15) is 0 Å². The third kappa shape index (κ3) is 9.35. The molecule has 4 saturated heterocycles. The van der Waals surface area contributed by atoms with Crippen molar-refractivity contribution >= 4 is 59.2 Å². The van der Waals surface area contributed by atoms with Gasteiger partial charge in [0.25, 0.3) is 23.6 Å². The standard InChI is InChI=1S/C24H21ClN6O4.C24H22N6O4/c25-17-4-8-19(9-5-17)35-18-6-2-16(3-7-18)24(20(32)28-23(34)29-21(24)33)31-14-12-30(13-15-31)22-26-10-1-11-27-22;31-20-24(21(32)28-23(33)27-20,30-15-13-29(14-16-30)22-25-11-4-12-26-22)17-7-9-19(10-8-17)34-18-5-2-1-3-6-18/h1-11H,12-15H2,(H2,28,29,32,33,34);1-12H,13-16H2,(H2,27,28,31,32,33). The number of urea groups is 2. The summed E-state index contributed by atoms with van der Waals surface area (Å²) in [4.78, 5) is 101.